The van der Waals surface area contributed by atoms with Crippen molar-refractivity contribution in [1.82, 2.24) is 10.6 Å². The first kappa shape index (κ1) is 22.9. The second kappa shape index (κ2) is 10.3. The lowest BCUT2D eigenvalue weighted by Crippen LogP contribution is -2.43. The molecule has 0 amide bonds. The molecule has 8 heteroatoms. The van der Waals surface area contributed by atoms with Gasteiger partial charge in [0.05, 0.1) is 18.4 Å². The minimum Gasteiger partial charge on any atom is -0.390 e. The summed E-state index contributed by atoms with van der Waals surface area (Å²) in [6, 6.07) is 3.48. The van der Waals surface area contributed by atoms with Crippen molar-refractivity contribution >= 4 is 27.1 Å². The van der Waals surface area contributed by atoms with Gasteiger partial charge in [-0.25, -0.2) is 8.42 Å². The van der Waals surface area contributed by atoms with E-state index in [1.54, 1.807) is 17.5 Å². The number of hydrogen-bond acceptors (Lipinski definition) is 5. The maximum atomic E-state index is 12.2. The summed E-state index contributed by atoms with van der Waals surface area (Å²) < 4.78 is 24.7. The molecule has 6 nitrogen and oxygen atoms in total. The van der Waals surface area contributed by atoms with Crippen molar-refractivity contribution in [3.63, 3.8) is 0 Å². The van der Waals surface area contributed by atoms with Crippen molar-refractivity contribution in [1.29, 1.82) is 0 Å². The molecule has 2 unspecified atom stereocenters. The van der Waals surface area contributed by atoms with E-state index in [-0.39, 0.29) is 28.0 Å². The Labute approximate surface area is 162 Å². The molecule has 0 spiro atoms. The van der Waals surface area contributed by atoms with Gasteiger partial charge in [0.2, 0.25) is 0 Å². The largest absolute Gasteiger partial charge is 0.390 e. The quantitative estimate of drug-likeness (QED) is 0.436. The van der Waals surface area contributed by atoms with Crippen molar-refractivity contribution in [3.05, 3.63) is 17.5 Å². The van der Waals surface area contributed by atoms with E-state index in [4.69, 9.17) is 0 Å². The average molecular weight is 404 g/mol. The standard InChI is InChI=1S/C18H33N3O3S2/c1-6-19-17(21-14(2)9-10-18(3,4)5)20-12-15(22)13-26(23,24)16-8-7-11-25-16/h7-8,11,14-15,22H,6,9-10,12-13H2,1-5H3,(H2,19,20,21). The Kier molecular flexibility index (Phi) is 9.06. The lowest BCUT2D eigenvalue weighted by Gasteiger charge is -2.23. The first-order valence-corrected chi connectivity index (χ1v) is 11.6. The number of sulfone groups is 1. The van der Waals surface area contributed by atoms with Gasteiger partial charge >= 0.3 is 0 Å². The van der Waals surface area contributed by atoms with Crippen LogP contribution >= 0.6 is 11.3 Å². The Morgan fingerprint density at radius 2 is 2.08 bits per heavy atom. The van der Waals surface area contributed by atoms with Crippen molar-refractivity contribution in [3.8, 4) is 0 Å². The Morgan fingerprint density at radius 1 is 1.38 bits per heavy atom. The van der Waals surface area contributed by atoms with Gasteiger partial charge in [-0.3, -0.25) is 4.99 Å². The minimum atomic E-state index is -3.47. The van der Waals surface area contributed by atoms with Crippen LogP contribution in [0.5, 0.6) is 0 Å². The van der Waals surface area contributed by atoms with E-state index in [1.165, 1.54) is 0 Å². The molecule has 0 aliphatic heterocycles. The van der Waals surface area contributed by atoms with Gasteiger partial charge in [0, 0.05) is 12.6 Å². The summed E-state index contributed by atoms with van der Waals surface area (Å²) in [6.45, 7) is 11.4. The number of hydrogen-bond donors (Lipinski definition) is 3. The number of aliphatic imine (C=N–C) groups is 1. The van der Waals surface area contributed by atoms with Crippen molar-refractivity contribution < 1.29 is 13.5 Å². The zero-order valence-corrected chi connectivity index (χ0v) is 18.1. The average Bonchev–Trinajstić information content (AvgIpc) is 3.05. The second-order valence-electron chi connectivity index (χ2n) is 7.73. The first-order valence-electron chi connectivity index (χ1n) is 9.02. The zero-order chi connectivity index (χ0) is 19.8. The smallest absolute Gasteiger partial charge is 0.191 e. The van der Waals surface area contributed by atoms with Gasteiger partial charge in [-0.2, -0.15) is 0 Å². The summed E-state index contributed by atoms with van der Waals surface area (Å²) in [4.78, 5) is 4.35. The van der Waals surface area contributed by atoms with Crippen LogP contribution in [-0.2, 0) is 9.84 Å². The van der Waals surface area contributed by atoms with Gasteiger partial charge in [0.1, 0.15) is 4.21 Å². The van der Waals surface area contributed by atoms with Crippen LogP contribution in [0.1, 0.15) is 47.5 Å². The third-order valence-corrected chi connectivity index (χ3v) is 7.01. The summed E-state index contributed by atoms with van der Waals surface area (Å²) in [5.41, 5.74) is 0.276. The van der Waals surface area contributed by atoms with Gasteiger partial charge in [-0.05, 0) is 43.6 Å². The van der Waals surface area contributed by atoms with Crippen LogP contribution in [0.4, 0.5) is 0 Å². The van der Waals surface area contributed by atoms with Crippen LogP contribution in [0, 0.1) is 5.41 Å². The zero-order valence-electron chi connectivity index (χ0n) is 16.4. The topological polar surface area (TPSA) is 90.8 Å². The van der Waals surface area contributed by atoms with Gasteiger partial charge in [-0.15, -0.1) is 11.3 Å². The molecule has 1 aromatic heterocycles. The predicted octanol–water partition coefficient (Wildman–Crippen LogP) is 2.65. The minimum absolute atomic E-state index is 0.0337. The Hall–Kier alpha value is -1.12. The molecule has 150 valence electrons. The van der Waals surface area contributed by atoms with Crippen molar-refractivity contribution in [2.75, 3.05) is 18.8 Å². The number of rotatable bonds is 9. The summed E-state index contributed by atoms with van der Waals surface area (Å²) in [6.07, 6.45) is 1.05. The van der Waals surface area contributed by atoms with E-state index in [2.05, 4.69) is 43.3 Å². The molecule has 1 aromatic rings. The molecule has 0 bridgehead atoms. The van der Waals surface area contributed by atoms with Crippen LogP contribution in [0.15, 0.2) is 26.7 Å². The molecule has 1 rings (SSSR count). The normalized spacial score (nSPS) is 15.5. The van der Waals surface area contributed by atoms with E-state index in [1.807, 2.05) is 6.92 Å². The fraction of sp³-hybridized carbons (Fsp3) is 0.722. The maximum absolute atomic E-state index is 12.2. The summed E-state index contributed by atoms with van der Waals surface area (Å²) >= 11 is 1.16. The molecule has 2 atom stereocenters. The number of nitrogens with one attached hydrogen (secondary N) is 2. The molecular formula is C18H33N3O3S2. The van der Waals surface area contributed by atoms with Crippen LogP contribution < -0.4 is 10.6 Å². The number of aliphatic hydroxyl groups excluding tert-OH is 1. The molecular weight excluding hydrogens is 370 g/mol. The highest BCUT2D eigenvalue weighted by Crippen LogP contribution is 2.21. The fourth-order valence-electron chi connectivity index (χ4n) is 2.30. The predicted molar refractivity (Wildman–Crippen MR) is 110 cm³/mol. The van der Waals surface area contributed by atoms with Crippen molar-refractivity contribution in [2.24, 2.45) is 10.4 Å². The molecule has 0 aliphatic rings. The van der Waals surface area contributed by atoms with E-state index in [0.717, 1.165) is 24.2 Å². The molecule has 26 heavy (non-hydrogen) atoms. The van der Waals surface area contributed by atoms with E-state index in [0.29, 0.717) is 12.5 Å². The highest BCUT2D eigenvalue weighted by atomic mass is 32.2. The molecule has 0 aromatic carbocycles. The highest BCUT2D eigenvalue weighted by molar-refractivity contribution is 7.93. The first-order chi connectivity index (χ1) is 12.0. The number of aliphatic hydroxyl groups is 1. The Morgan fingerprint density at radius 3 is 2.62 bits per heavy atom. The van der Waals surface area contributed by atoms with Crippen LogP contribution in [0.25, 0.3) is 0 Å². The Balaban J connectivity index is 2.59. The third-order valence-electron chi connectivity index (χ3n) is 3.73. The summed E-state index contributed by atoms with van der Waals surface area (Å²) in [7, 11) is -3.47. The van der Waals surface area contributed by atoms with E-state index in [9.17, 15) is 13.5 Å². The van der Waals surface area contributed by atoms with Gasteiger partial charge < -0.3 is 15.7 Å². The molecule has 3 N–H and O–H groups in total. The molecule has 0 saturated heterocycles. The number of guanidine groups is 1. The molecule has 0 radical (unpaired) electrons. The van der Waals surface area contributed by atoms with Crippen LogP contribution in [0.2, 0.25) is 0 Å². The van der Waals surface area contributed by atoms with Gasteiger partial charge in [0.25, 0.3) is 0 Å². The summed E-state index contributed by atoms with van der Waals surface area (Å²) in [5.74, 6) is 0.275. The highest BCUT2D eigenvalue weighted by Gasteiger charge is 2.21. The monoisotopic (exact) mass is 403 g/mol. The van der Waals surface area contributed by atoms with E-state index < -0.39 is 15.9 Å². The Bertz CT molecular complexity index is 650. The van der Waals surface area contributed by atoms with Crippen LogP contribution in [-0.4, -0.2) is 50.5 Å². The van der Waals surface area contributed by atoms with Crippen LogP contribution in [0.3, 0.4) is 0 Å². The molecule has 1 heterocycles. The SMILES string of the molecule is CCNC(=NCC(O)CS(=O)(=O)c1cccs1)NC(C)CCC(C)(C)C. The fourth-order valence-corrected chi connectivity index (χ4v) is 4.77. The van der Waals surface area contributed by atoms with Crippen molar-refractivity contribution in [2.45, 2.75) is 63.8 Å². The number of thiophene rings is 1. The maximum Gasteiger partial charge on any atom is 0.191 e. The van der Waals surface area contributed by atoms with Gasteiger partial charge in [0.15, 0.2) is 15.8 Å². The second-order valence-corrected chi connectivity index (χ2v) is 10.9. The molecule has 0 fully saturated rings. The lowest BCUT2D eigenvalue weighted by molar-refractivity contribution is 0.206. The summed E-state index contributed by atoms with van der Waals surface area (Å²) in [5, 5.41) is 18.3. The van der Waals surface area contributed by atoms with Gasteiger partial charge in [-0.1, -0.05) is 26.8 Å². The lowest BCUT2D eigenvalue weighted by atomic mass is 9.89. The number of nitrogens with zero attached hydrogens (tertiary/aromatic N) is 1. The molecule has 0 saturated carbocycles. The van der Waals surface area contributed by atoms with E-state index >= 15 is 0 Å². The molecule has 0 aliphatic carbocycles. The third kappa shape index (κ3) is 9.00.